The number of fused-ring (bicyclic) bond motifs is 1. The van der Waals surface area contributed by atoms with Crippen molar-refractivity contribution in [3.05, 3.63) is 26.9 Å². The fourth-order valence-electron chi connectivity index (χ4n) is 2.75. The number of carbonyl (C=O) groups is 1. The minimum Gasteiger partial charge on any atom is -0.444 e. The molecule has 3 rings (SSSR count). The molecule has 1 aromatic heterocycles. The predicted octanol–water partition coefficient (Wildman–Crippen LogP) is 4.76. The summed E-state index contributed by atoms with van der Waals surface area (Å²) >= 11 is 15.7. The number of nitrogens with zero attached hydrogens (tertiary/aromatic N) is 4. The molecule has 6 nitrogen and oxygen atoms in total. The zero-order chi connectivity index (χ0) is 19.1. The van der Waals surface area contributed by atoms with E-state index in [-0.39, 0.29) is 11.4 Å². The van der Waals surface area contributed by atoms with Crippen LogP contribution in [0, 0.1) is 0 Å². The van der Waals surface area contributed by atoms with Crippen molar-refractivity contribution in [2.45, 2.75) is 26.4 Å². The molecule has 0 aliphatic carbocycles. The molecule has 1 amide bonds. The van der Waals surface area contributed by atoms with Crippen LogP contribution >= 0.6 is 39.1 Å². The number of benzene rings is 1. The van der Waals surface area contributed by atoms with Gasteiger partial charge in [0, 0.05) is 36.0 Å². The van der Waals surface area contributed by atoms with Crippen molar-refractivity contribution in [1.82, 2.24) is 14.9 Å². The highest BCUT2D eigenvalue weighted by Gasteiger charge is 2.27. The van der Waals surface area contributed by atoms with Crippen LogP contribution in [0.4, 0.5) is 10.6 Å². The van der Waals surface area contributed by atoms with E-state index in [1.54, 1.807) is 4.90 Å². The minimum atomic E-state index is -0.505. The molecule has 0 spiro atoms. The van der Waals surface area contributed by atoms with Crippen LogP contribution in [0.5, 0.6) is 0 Å². The lowest BCUT2D eigenvalue weighted by atomic mass is 10.2. The van der Waals surface area contributed by atoms with Crippen LogP contribution < -0.4 is 4.90 Å². The molecule has 0 unspecified atom stereocenters. The molecule has 0 bridgehead atoms. The third-order valence-electron chi connectivity index (χ3n) is 3.92. The van der Waals surface area contributed by atoms with Crippen LogP contribution in [0.3, 0.4) is 0 Å². The molecule has 0 saturated carbocycles. The number of amides is 1. The van der Waals surface area contributed by atoms with Crippen LogP contribution in [-0.2, 0) is 4.74 Å². The molecule has 0 atom stereocenters. The fourth-order valence-corrected chi connectivity index (χ4v) is 3.41. The molecular weight excluding hydrogens is 443 g/mol. The second-order valence-corrected chi connectivity index (χ2v) is 8.65. The summed E-state index contributed by atoms with van der Waals surface area (Å²) in [5.41, 5.74) is 0.209. The lowest BCUT2D eigenvalue weighted by Gasteiger charge is -2.36. The molecule has 1 aromatic carbocycles. The first kappa shape index (κ1) is 19.5. The predicted molar refractivity (Wildman–Crippen MR) is 107 cm³/mol. The Morgan fingerprint density at radius 3 is 2.42 bits per heavy atom. The number of halogens is 3. The van der Waals surface area contributed by atoms with Gasteiger partial charge in [-0.2, -0.15) is 4.98 Å². The van der Waals surface area contributed by atoms with Gasteiger partial charge in [-0.15, -0.1) is 0 Å². The molecule has 1 fully saturated rings. The molecule has 1 saturated heterocycles. The Morgan fingerprint density at radius 2 is 1.81 bits per heavy atom. The largest absolute Gasteiger partial charge is 0.444 e. The molecule has 9 heteroatoms. The Hall–Kier alpha value is -1.31. The molecule has 1 aliphatic heterocycles. The van der Waals surface area contributed by atoms with E-state index in [0.717, 1.165) is 15.7 Å². The van der Waals surface area contributed by atoms with Gasteiger partial charge in [-0.05, 0) is 60.4 Å². The van der Waals surface area contributed by atoms with E-state index in [9.17, 15) is 4.79 Å². The Morgan fingerprint density at radius 1 is 1.15 bits per heavy atom. The molecule has 2 heterocycles. The monoisotopic (exact) mass is 460 g/mol. The summed E-state index contributed by atoms with van der Waals surface area (Å²) in [6.07, 6.45) is -0.297. The third kappa shape index (κ3) is 4.32. The molecule has 1 aliphatic rings. The van der Waals surface area contributed by atoms with E-state index in [0.29, 0.717) is 36.7 Å². The molecule has 0 N–H and O–H groups in total. The van der Waals surface area contributed by atoms with Gasteiger partial charge in [0.25, 0.3) is 0 Å². The van der Waals surface area contributed by atoms with E-state index < -0.39 is 5.60 Å². The minimum absolute atomic E-state index is 0.177. The SMILES string of the molecule is CC(C)(C)OC(=O)N1CCN(c2nc(Cl)nc3cc(Br)c(Cl)cc23)CC1. The van der Waals surface area contributed by atoms with Gasteiger partial charge >= 0.3 is 6.09 Å². The Bertz CT molecular complexity index is 849. The second-order valence-electron chi connectivity index (χ2n) is 7.05. The summed E-state index contributed by atoms with van der Waals surface area (Å²) in [5, 5.41) is 1.58. The summed E-state index contributed by atoms with van der Waals surface area (Å²) < 4.78 is 6.19. The zero-order valence-corrected chi connectivity index (χ0v) is 17.8. The van der Waals surface area contributed by atoms with Gasteiger partial charge in [-0.25, -0.2) is 9.78 Å². The summed E-state index contributed by atoms with van der Waals surface area (Å²) in [6.45, 7) is 7.91. The van der Waals surface area contributed by atoms with E-state index in [4.69, 9.17) is 27.9 Å². The van der Waals surface area contributed by atoms with Crippen molar-refractivity contribution in [3.63, 3.8) is 0 Å². The first-order valence-electron chi connectivity index (χ1n) is 8.19. The Labute approximate surface area is 170 Å². The van der Waals surface area contributed by atoms with Gasteiger partial charge in [0.05, 0.1) is 10.5 Å². The summed E-state index contributed by atoms with van der Waals surface area (Å²) in [7, 11) is 0. The lowest BCUT2D eigenvalue weighted by Crippen LogP contribution is -2.50. The van der Waals surface area contributed by atoms with Gasteiger partial charge in [0.2, 0.25) is 5.28 Å². The van der Waals surface area contributed by atoms with E-state index in [1.165, 1.54) is 0 Å². The van der Waals surface area contributed by atoms with Crippen LogP contribution in [0.15, 0.2) is 16.6 Å². The van der Waals surface area contributed by atoms with Crippen molar-refractivity contribution in [2.24, 2.45) is 0 Å². The highest BCUT2D eigenvalue weighted by Crippen LogP contribution is 2.33. The number of hydrogen-bond acceptors (Lipinski definition) is 5. The topological polar surface area (TPSA) is 58.6 Å². The number of carbonyl (C=O) groups excluding carboxylic acids is 1. The number of rotatable bonds is 1. The van der Waals surface area contributed by atoms with E-state index >= 15 is 0 Å². The normalized spacial score (nSPS) is 15.5. The number of aromatic nitrogens is 2. The zero-order valence-electron chi connectivity index (χ0n) is 14.7. The van der Waals surface area contributed by atoms with Gasteiger partial charge in [-0.3, -0.25) is 0 Å². The maximum absolute atomic E-state index is 12.2. The second kappa shape index (κ2) is 7.37. The molecular formula is C17H19BrCl2N4O2. The Kier molecular flexibility index (Phi) is 5.51. The average molecular weight is 462 g/mol. The van der Waals surface area contributed by atoms with E-state index in [2.05, 4.69) is 30.8 Å². The van der Waals surface area contributed by atoms with Gasteiger partial charge in [0.15, 0.2) is 0 Å². The quantitative estimate of drug-likeness (QED) is 0.573. The van der Waals surface area contributed by atoms with E-state index in [1.807, 2.05) is 32.9 Å². The first-order valence-corrected chi connectivity index (χ1v) is 9.74. The average Bonchev–Trinajstić information content (AvgIpc) is 2.54. The van der Waals surface area contributed by atoms with Gasteiger partial charge in [0.1, 0.15) is 11.4 Å². The standard InChI is InChI=1S/C17H19BrCl2N4O2/c1-17(2,3)26-16(25)24-6-4-23(5-7-24)14-10-8-12(19)11(18)9-13(10)21-15(20)22-14/h8-9H,4-7H2,1-3H3. The van der Waals surface area contributed by atoms with Crippen LogP contribution in [0.1, 0.15) is 20.8 Å². The first-order chi connectivity index (χ1) is 12.1. The lowest BCUT2D eigenvalue weighted by molar-refractivity contribution is 0.0240. The van der Waals surface area contributed by atoms with Crippen molar-refractivity contribution in [2.75, 3.05) is 31.1 Å². The highest BCUT2D eigenvalue weighted by atomic mass is 79.9. The summed E-state index contributed by atoms with van der Waals surface area (Å²) in [6, 6.07) is 3.65. The number of ether oxygens (including phenoxy) is 1. The van der Waals surface area contributed by atoms with Gasteiger partial charge in [-0.1, -0.05) is 11.6 Å². The third-order valence-corrected chi connectivity index (χ3v) is 5.29. The highest BCUT2D eigenvalue weighted by molar-refractivity contribution is 9.10. The summed E-state index contributed by atoms with van der Waals surface area (Å²) in [4.78, 5) is 24.7. The number of hydrogen-bond donors (Lipinski definition) is 0. The fraction of sp³-hybridized carbons (Fsp3) is 0.471. The van der Waals surface area contributed by atoms with Gasteiger partial charge < -0.3 is 14.5 Å². The molecule has 26 heavy (non-hydrogen) atoms. The Balaban J connectivity index is 1.81. The van der Waals surface area contributed by atoms with Crippen LogP contribution in [0.25, 0.3) is 10.9 Å². The van der Waals surface area contributed by atoms with Crippen molar-refractivity contribution >= 4 is 61.9 Å². The maximum Gasteiger partial charge on any atom is 0.410 e. The van der Waals surface area contributed by atoms with Crippen LogP contribution in [-0.4, -0.2) is 52.7 Å². The van der Waals surface area contributed by atoms with Crippen molar-refractivity contribution < 1.29 is 9.53 Å². The molecule has 2 aromatic rings. The smallest absolute Gasteiger partial charge is 0.410 e. The van der Waals surface area contributed by atoms with Crippen molar-refractivity contribution in [3.8, 4) is 0 Å². The summed E-state index contributed by atoms with van der Waals surface area (Å²) in [5.74, 6) is 0.721. The maximum atomic E-state index is 12.2. The van der Waals surface area contributed by atoms with Crippen molar-refractivity contribution in [1.29, 1.82) is 0 Å². The van der Waals surface area contributed by atoms with Crippen LogP contribution in [0.2, 0.25) is 10.3 Å². The molecule has 0 radical (unpaired) electrons. The number of anilines is 1. The molecule has 140 valence electrons. The number of piperazine rings is 1.